The molecule has 0 unspecified atom stereocenters. The molecule has 1 saturated heterocycles. The Labute approximate surface area is 115 Å². The molecule has 0 saturated carbocycles. The minimum Gasteiger partial charge on any atom is -0.348 e. The van der Waals surface area contributed by atoms with Crippen LogP contribution in [0.4, 0.5) is 0 Å². The quantitative estimate of drug-likeness (QED) is 0.925. The van der Waals surface area contributed by atoms with E-state index in [4.69, 9.17) is 11.6 Å². The van der Waals surface area contributed by atoms with E-state index < -0.39 is 0 Å². The fourth-order valence-electron chi connectivity index (χ4n) is 2.00. The first-order valence-corrected chi connectivity index (χ1v) is 6.96. The van der Waals surface area contributed by atoms with Crippen LogP contribution < -0.4 is 5.32 Å². The molecule has 1 aromatic heterocycles. The lowest BCUT2D eigenvalue weighted by Crippen LogP contribution is -2.33. The first-order chi connectivity index (χ1) is 8.47. The summed E-state index contributed by atoms with van der Waals surface area (Å²) in [5, 5.41) is 2.93. The molecule has 1 aromatic rings. The third-order valence-electron chi connectivity index (χ3n) is 3.09. The molecule has 0 aromatic carbocycles. The fourth-order valence-corrected chi connectivity index (χ4v) is 3.07. The van der Waals surface area contributed by atoms with E-state index in [9.17, 15) is 9.59 Å². The number of hydrogen-bond acceptors (Lipinski definition) is 3. The Kier molecular flexibility index (Phi) is 3.92. The molecule has 0 spiro atoms. The second-order valence-electron chi connectivity index (χ2n) is 4.55. The predicted octanol–water partition coefficient (Wildman–Crippen LogP) is 2.06. The van der Waals surface area contributed by atoms with E-state index in [2.05, 4.69) is 5.32 Å². The molecule has 98 valence electrons. The number of nitrogens with one attached hydrogen (secondary N) is 1. The maximum absolute atomic E-state index is 12.0. The van der Waals surface area contributed by atoms with Crippen molar-refractivity contribution < 1.29 is 9.59 Å². The second-order valence-corrected chi connectivity index (χ2v) is 6.29. The Morgan fingerprint density at radius 3 is 2.83 bits per heavy atom. The van der Waals surface area contributed by atoms with E-state index in [1.807, 2.05) is 19.1 Å². The number of rotatable bonds is 3. The molecule has 2 amide bonds. The van der Waals surface area contributed by atoms with Gasteiger partial charge in [0.05, 0.1) is 16.3 Å². The summed E-state index contributed by atoms with van der Waals surface area (Å²) in [6.45, 7) is 2.42. The molecule has 1 N–H and O–H groups in total. The van der Waals surface area contributed by atoms with Crippen molar-refractivity contribution in [2.45, 2.75) is 19.4 Å². The Hall–Kier alpha value is -1.07. The van der Waals surface area contributed by atoms with Gasteiger partial charge >= 0.3 is 0 Å². The molecule has 2 rings (SSSR count). The summed E-state index contributed by atoms with van der Waals surface area (Å²) in [5.41, 5.74) is 0. The minimum atomic E-state index is -0.236. The third kappa shape index (κ3) is 2.84. The normalized spacial score (nSPS) is 21.2. The molecule has 1 fully saturated rings. The second kappa shape index (κ2) is 5.28. The average molecular weight is 287 g/mol. The van der Waals surface area contributed by atoms with Crippen LogP contribution in [0.3, 0.4) is 0 Å². The highest BCUT2D eigenvalue weighted by Gasteiger charge is 2.32. The lowest BCUT2D eigenvalue weighted by molar-refractivity contribution is -0.128. The van der Waals surface area contributed by atoms with Gasteiger partial charge in [0, 0.05) is 24.9 Å². The number of halogens is 1. The molecule has 18 heavy (non-hydrogen) atoms. The van der Waals surface area contributed by atoms with Gasteiger partial charge in [-0.3, -0.25) is 9.59 Å². The largest absolute Gasteiger partial charge is 0.348 e. The Balaban J connectivity index is 1.94. The molecule has 2 heterocycles. The van der Waals surface area contributed by atoms with Crippen LogP contribution in [-0.2, 0) is 9.59 Å². The van der Waals surface area contributed by atoms with Crippen LogP contribution in [0.1, 0.15) is 24.3 Å². The maximum Gasteiger partial charge on any atom is 0.225 e. The van der Waals surface area contributed by atoms with Gasteiger partial charge in [-0.05, 0) is 19.1 Å². The smallest absolute Gasteiger partial charge is 0.225 e. The van der Waals surface area contributed by atoms with Crippen molar-refractivity contribution in [3.63, 3.8) is 0 Å². The van der Waals surface area contributed by atoms with Gasteiger partial charge in [0.2, 0.25) is 11.8 Å². The Bertz CT molecular complexity index is 474. The van der Waals surface area contributed by atoms with Gasteiger partial charge in [-0.25, -0.2) is 0 Å². The standard InChI is InChI=1S/C12H15ClN2O2S/c1-7(9-3-4-10(13)18-9)14-12(17)8-5-11(16)15(2)6-8/h3-4,7-8H,5-6H2,1-2H3,(H,14,17)/t7-,8-/m0/s1. The zero-order valence-corrected chi connectivity index (χ0v) is 11.8. The SMILES string of the molecule is C[C@H](NC(=O)[C@H]1CC(=O)N(C)C1)c1ccc(Cl)s1. The number of thiophene rings is 1. The summed E-state index contributed by atoms with van der Waals surface area (Å²) in [7, 11) is 1.72. The number of likely N-dealkylation sites (tertiary alicyclic amines) is 1. The van der Waals surface area contributed by atoms with Crippen LogP contribution in [0.25, 0.3) is 0 Å². The Morgan fingerprint density at radius 2 is 2.33 bits per heavy atom. The number of amides is 2. The highest BCUT2D eigenvalue weighted by atomic mass is 35.5. The van der Waals surface area contributed by atoms with Gasteiger partial charge in [-0.2, -0.15) is 0 Å². The van der Waals surface area contributed by atoms with Crippen molar-refractivity contribution in [1.29, 1.82) is 0 Å². The average Bonchev–Trinajstić information content (AvgIpc) is 2.86. The molecular formula is C12H15ClN2O2S. The topological polar surface area (TPSA) is 49.4 Å². The van der Waals surface area contributed by atoms with Crippen LogP contribution in [0, 0.1) is 5.92 Å². The highest BCUT2D eigenvalue weighted by Crippen LogP contribution is 2.27. The van der Waals surface area contributed by atoms with Crippen molar-refractivity contribution in [2.24, 2.45) is 5.92 Å². The first-order valence-electron chi connectivity index (χ1n) is 5.77. The van der Waals surface area contributed by atoms with Crippen LogP contribution in [0.5, 0.6) is 0 Å². The van der Waals surface area contributed by atoms with E-state index in [0.29, 0.717) is 17.3 Å². The van der Waals surface area contributed by atoms with Crippen molar-refractivity contribution in [3.8, 4) is 0 Å². The van der Waals surface area contributed by atoms with Gasteiger partial charge in [0.25, 0.3) is 0 Å². The van der Waals surface area contributed by atoms with E-state index in [-0.39, 0.29) is 23.8 Å². The van der Waals surface area contributed by atoms with Gasteiger partial charge < -0.3 is 10.2 Å². The first kappa shape index (κ1) is 13.4. The summed E-state index contributed by atoms with van der Waals surface area (Å²) >= 11 is 7.32. The van der Waals surface area contributed by atoms with Crippen LogP contribution >= 0.6 is 22.9 Å². The van der Waals surface area contributed by atoms with Gasteiger partial charge in [-0.1, -0.05) is 11.6 Å². The maximum atomic E-state index is 12.0. The van der Waals surface area contributed by atoms with Gasteiger partial charge in [0.15, 0.2) is 0 Å². The third-order valence-corrected chi connectivity index (χ3v) is 4.51. The molecule has 0 aliphatic carbocycles. The molecule has 2 atom stereocenters. The van der Waals surface area contributed by atoms with Crippen LogP contribution in [-0.4, -0.2) is 30.3 Å². The van der Waals surface area contributed by atoms with Crippen LogP contribution in [0.2, 0.25) is 4.34 Å². The lowest BCUT2D eigenvalue weighted by Gasteiger charge is -2.15. The van der Waals surface area contributed by atoms with Crippen molar-refractivity contribution in [2.75, 3.05) is 13.6 Å². The van der Waals surface area contributed by atoms with E-state index in [1.165, 1.54) is 11.3 Å². The van der Waals surface area contributed by atoms with E-state index in [1.54, 1.807) is 11.9 Å². The molecule has 1 aliphatic heterocycles. The molecule has 4 nitrogen and oxygen atoms in total. The lowest BCUT2D eigenvalue weighted by atomic mass is 10.1. The molecule has 1 aliphatic rings. The Morgan fingerprint density at radius 1 is 1.61 bits per heavy atom. The summed E-state index contributed by atoms with van der Waals surface area (Å²) in [6, 6.07) is 3.65. The molecule has 0 radical (unpaired) electrons. The summed E-state index contributed by atoms with van der Waals surface area (Å²) < 4.78 is 0.710. The van der Waals surface area contributed by atoms with Crippen LogP contribution in [0.15, 0.2) is 12.1 Å². The van der Waals surface area contributed by atoms with Crippen molar-refractivity contribution in [1.82, 2.24) is 10.2 Å². The summed E-state index contributed by atoms with van der Waals surface area (Å²) in [5.74, 6) is -0.271. The fraction of sp³-hybridized carbons (Fsp3) is 0.500. The van der Waals surface area contributed by atoms with Crippen molar-refractivity contribution in [3.05, 3.63) is 21.3 Å². The van der Waals surface area contributed by atoms with Gasteiger partial charge in [0.1, 0.15) is 0 Å². The highest BCUT2D eigenvalue weighted by molar-refractivity contribution is 7.16. The zero-order chi connectivity index (χ0) is 13.3. The van der Waals surface area contributed by atoms with Crippen molar-refractivity contribution >= 4 is 34.8 Å². The van der Waals surface area contributed by atoms with Gasteiger partial charge in [-0.15, -0.1) is 11.3 Å². The number of hydrogen-bond donors (Lipinski definition) is 1. The number of nitrogens with zero attached hydrogens (tertiary/aromatic N) is 1. The number of carbonyl (C=O) groups excluding carboxylic acids is 2. The molecule has 6 heteroatoms. The molecular weight excluding hydrogens is 272 g/mol. The van der Waals surface area contributed by atoms with E-state index in [0.717, 1.165) is 4.88 Å². The zero-order valence-electron chi connectivity index (χ0n) is 10.3. The predicted molar refractivity (Wildman–Crippen MR) is 71.6 cm³/mol. The van der Waals surface area contributed by atoms with E-state index >= 15 is 0 Å². The molecule has 0 bridgehead atoms. The minimum absolute atomic E-state index is 0.0296. The number of carbonyl (C=O) groups is 2. The summed E-state index contributed by atoms with van der Waals surface area (Å²) in [4.78, 5) is 26.0. The monoisotopic (exact) mass is 286 g/mol. The summed E-state index contributed by atoms with van der Waals surface area (Å²) in [6.07, 6.45) is 0.306.